The molecule has 1 aliphatic heterocycles. The Morgan fingerprint density at radius 3 is 2.48 bits per heavy atom. The Morgan fingerprint density at radius 2 is 1.77 bits per heavy atom. The Labute approximate surface area is 187 Å². The topological polar surface area (TPSA) is 65.5 Å². The quantitative estimate of drug-likeness (QED) is 0.587. The highest BCUT2D eigenvalue weighted by Gasteiger charge is 2.17. The van der Waals surface area contributed by atoms with Gasteiger partial charge in [0.25, 0.3) is 5.91 Å². The zero-order valence-corrected chi connectivity index (χ0v) is 18.4. The Balaban J connectivity index is 1.42. The van der Waals surface area contributed by atoms with Crippen molar-refractivity contribution < 1.29 is 9.90 Å². The average molecular weight is 434 g/mol. The van der Waals surface area contributed by atoms with Gasteiger partial charge in [-0.1, -0.05) is 42.1 Å². The summed E-state index contributed by atoms with van der Waals surface area (Å²) in [6.45, 7) is 4.63. The number of piperidine rings is 1. The van der Waals surface area contributed by atoms with Crippen molar-refractivity contribution in [1.29, 1.82) is 0 Å². The van der Waals surface area contributed by atoms with Gasteiger partial charge >= 0.3 is 0 Å². The van der Waals surface area contributed by atoms with Crippen molar-refractivity contribution >= 4 is 23.4 Å². The Hall–Kier alpha value is -2.67. The van der Waals surface area contributed by atoms with Gasteiger partial charge in [0.1, 0.15) is 5.03 Å². The number of aromatic nitrogens is 1. The molecule has 2 N–H and O–H groups in total. The van der Waals surface area contributed by atoms with Gasteiger partial charge in [0.2, 0.25) is 0 Å². The Bertz CT molecular complexity index is 1020. The second kappa shape index (κ2) is 10.1. The van der Waals surface area contributed by atoms with E-state index in [1.165, 1.54) is 17.3 Å². The molecule has 5 nitrogen and oxygen atoms in total. The highest BCUT2D eigenvalue weighted by atomic mass is 32.2. The SMILES string of the molecule is Cc1ccc(C(=O)Nc2ccc(CN3CCC(O)CC3)cc2)c(Sc2ccccc2)n1. The van der Waals surface area contributed by atoms with E-state index < -0.39 is 0 Å². The number of hydrogen-bond acceptors (Lipinski definition) is 5. The van der Waals surface area contributed by atoms with Gasteiger partial charge in [0.05, 0.1) is 11.7 Å². The van der Waals surface area contributed by atoms with Crippen molar-refractivity contribution in [2.24, 2.45) is 0 Å². The molecule has 4 rings (SSSR count). The van der Waals surface area contributed by atoms with Gasteiger partial charge in [0.15, 0.2) is 0 Å². The number of aliphatic hydroxyl groups excluding tert-OH is 1. The molecule has 0 unspecified atom stereocenters. The zero-order chi connectivity index (χ0) is 21.6. The van der Waals surface area contributed by atoms with Crippen LogP contribution in [0.5, 0.6) is 0 Å². The fourth-order valence-corrected chi connectivity index (χ4v) is 4.59. The summed E-state index contributed by atoms with van der Waals surface area (Å²) in [6.07, 6.45) is 1.51. The number of likely N-dealkylation sites (tertiary alicyclic amines) is 1. The molecule has 0 aliphatic carbocycles. The first kappa shape index (κ1) is 21.6. The van der Waals surface area contributed by atoms with Gasteiger partial charge in [-0.2, -0.15) is 0 Å². The molecule has 1 aromatic heterocycles. The molecule has 1 fully saturated rings. The number of anilines is 1. The van der Waals surface area contributed by atoms with Crippen LogP contribution in [0.1, 0.15) is 34.5 Å². The van der Waals surface area contributed by atoms with Crippen molar-refractivity contribution in [3.05, 3.63) is 83.6 Å². The Kier molecular flexibility index (Phi) is 7.02. The fraction of sp³-hybridized carbons (Fsp3) is 0.280. The first-order valence-corrected chi connectivity index (χ1v) is 11.4. The van der Waals surface area contributed by atoms with Crippen LogP contribution in [0.25, 0.3) is 0 Å². The van der Waals surface area contributed by atoms with Gasteiger partial charge in [-0.15, -0.1) is 0 Å². The van der Waals surface area contributed by atoms with E-state index in [0.29, 0.717) is 10.6 Å². The standard InChI is InChI=1S/C25H27N3O2S/c1-18-7-12-23(25(26-18)31-22-5-3-2-4-6-22)24(30)27-20-10-8-19(9-11-20)17-28-15-13-21(29)14-16-28/h2-12,21,29H,13-17H2,1H3,(H,27,30). The summed E-state index contributed by atoms with van der Waals surface area (Å²) < 4.78 is 0. The maximum absolute atomic E-state index is 13.0. The van der Waals surface area contributed by atoms with E-state index >= 15 is 0 Å². The Morgan fingerprint density at radius 1 is 1.06 bits per heavy atom. The number of rotatable bonds is 6. The largest absolute Gasteiger partial charge is 0.393 e. The second-order valence-electron chi connectivity index (χ2n) is 7.88. The van der Waals surface area contributed by atoms with E-state index in [-0.39, 0.29) is 12.0 Å². The monoisotopic (exact) mass is 433 g/mol. The van der Waals surface area contributed by atoms with Crippen molar-refractivity contribution in [3.8, 4) is 0 Å². The van der Waals surface area contributed by atoms with Gasteiger partial charge in [-0.05, 0) is 61.7 Å². The molecule has 0 bridgehead atoms. The number of pyridine rings is 1. The number of nitrogens with zero attached hydrogens (tertiary/aromatic N) is 2. The van der Waals surface area contributed by atoms with Crippen LogP contribution in [0.4, 0.5) is 5.69 Å². The van der Waals surface area contributed by atoms with Crippen molar-refractivity contribution in [2.75, 3.05) is 18.4 Å². The molecule has 0 spiro atoms. The van der Waals surface area contributed by atoms with E-state index in [0.717, 1.165) is 48.8 Å². The summed E-state index contributed by atoms with van der Waals surface area (Å²) >= 11 is 1.49. The number of carbonyl (C=O) groups excluding carboxylic acids is 1. The van der Waals surface area contributed by atoms with E-state index in [4.69, 9.17) is 0 Å². The zero-order valence-electron chi connectivity index (χ0n) is 17.6. The maximum atomic E-state index is 13.0. The van der Waals surface area contributed by atoms with Crippen LogP contribution in [-0.4, -0.2) is 40.1 Å². The number of aliphatic hydroxyl groups is 1. The first-order chi connectivity index (χ1) is 15.1. The van der Waals surface area contributed by atoms with Crippen molar-refractivity contribution in [2.45, 2.75) is 42.3 Å². The predicted octanol–water partition coefficient (Wildman–Crippen LogP) is 4.75. The number of benzene rings is 2. The smallest absolute Gasteiger partial charge is 0.258 e. The first-order valence-electron chi connectivity index (χ1n) is 10.6. The van der Waals surface area contributed by atoms with Crippen LogP contribution in [0.2, 0.25) is 0 Å². The number of carbonyl (C=O) groups is 1. The third-order valence-corrected chi connectivity index (χ3v) is 6.39. The molecule has 0 radical (unpaired) electrons. The molecular formula is C25H27N3O2S. The summed E-state index contributed by atoms with van der Waals surface area (Å²) in [5, 5.41) is 13.4. The molecule has 1 saturated heterocycles. The normalized spacial score (nSPS) is 15.0. The molecule has 31 heavy (non-hydrogen) atoms. The lowest BCUT2D eigenvalue weighted by molar-refractivity contribution is 0.0792. The lowest BCUT2D eigenvalue weighted by atomic mass is 10.1. The fourth-order valence-electron chi connectivity index (χ4n) is 3.61. The molecule has 2 heterocycles. The van der Waals surface area contributed by atoms with Gasteiger partial charge in [0, 0.05) is 35.9 Å². The van der Waals surface area contributed by atoms with Crippen molar-refractivity contribution in [3.63, 3.8) is 0 Å². The van der Waals surface area contributed by atoms with E-state index in [2.05, 4.69) is 15.2 Å². The minimum absolute atomic E-state index is 0.157. The van der Waals surface area contributed by atoms with E-state index in [1.807, 2.05) is 73.7 Å². The van der Waals surface area contributed by atoms with Crippen LogP contribution in [0.15, 0.2) is 76.7 Å². The summed E-state index contributed by atoms with van der Waals surface area (Å²) in [7, 11) is 0. The highest BCUT2D eigenvalue weighted by molar-refractivity contribution is 7.99. The van der Waals surface area contributed by atoms with Crippen molar-refractivity contribution in [1.82, 2.24) is 9.88 Å². The molecule has 160 valence electrons. The lowest BCUT2D eigenvalue weighted by Gasteiger charge is -2.29. The second-order valence-corrected chi connectivity index (χ2v) is 8.94. The van der Waals surface area contributed by atoms with Gasteiger partial charge in [-0.3, -0.25) is 9.69 Å². The third-order valence-electron chi connectivity index (χ3n) is 5.38. The number of nitrogens with one attached hydrogen (secondary N) is 1. The van der Waals surface area contributed by atoms with Gasteiger partial charge in [-0.25, -0.2) is 4.98 Å². The predicted molar refractivity (Wildman–Crippen MR) is 124 cm³/mol. The summed E-state index contributed by atoms with van der Waals surface area (Å²) in [6, 6.07) is 21.6. The summed E-state index contributed by atoms with van der Waals surface area (Å²) in [5.74, 6) is -0.163. The molecule has 2 aromatic carbocycles. The molecular weight excluding hydrogens is 406 g/mol. The minimum Gasteiger partial charge on any atom is -0.393 e. The molecule has 1 amide bonds. The highest BCUT2D eigenvalue weighted by Crippen LogP contribution is 2.29. The van der Waals surface area contributed by atoms with Crippen LogP contribution >= 0.6 is 11.8 Å². The third kappa shape index (κ3) is 5.94. The van der Waals surface area contributed by atoms with Crippen LogP contribution in [-0.2, 0) is 6.54 Å². The molecule has 0 atom stereocenters. The minimum atomic E-state index is -0.163. The van der Waals surface area contributed by atoms with Gasteiger partial charge < -0.3 is 10.4 Å². The number of hydrogen-bond donors (Lipinski definition) is 2. The van der Waals surface area contributed by atoms with Crippen LogP contribution in [0.3, 0.4) is 0 Å². The number of amides is 1. The number of aryl methyl sites for hydroxylation is 1. The maximum Gasteiger partial charge on any atom is 0.258 e. The lowest BCUT2D eigenvalue weighted by Crippen LogP contribution is -2.35. The molecule has 0 saturated carbocycles. The average Bonchev–Trinajstić information content (AvgIpc) is 2.77. The van der Waals surface area contributed by atoms with Crippen LogP contribution < -0.4 is 5.32 Å². The van der Waals surface area contributed by atoms with E-state index in [1.54, 1.807) is 0 Å². The summed E-state index contributed by atoms with van der Waals surface area (Å²) in [4.78, 5) is 21.0. The summed E-state index contributed by atoms with van der Waals surface area (Å²) in [5.41, 5.74) is 3.41. The molecule has 6 heteroatoms. The van der Waals surface area contributed by atoms with Crippen LogP contribution in [0, 0.1) is 6.92 Å². The molecule has 3 aromatic rings. The molecule has 1 aliphatic rings. The van der Waals surface area contributed by atoms with E-state index in [9.17, 15) is 9.90 Å².